The van der Waals surface area contributed by atoms with Gasteiger partial charge in [0.2, 0.25) is 5.91 Å². The topological polar surface area (TPSA) is 92.0 Å². The zero-order chi connectivity index (χ0) is 19.0. The maximum absolute atomic E-state index is 11.2. The fourth-order valence-corrected chi connectivity index (χ4v) is 3.06. The number of carbonyl (C=O) groups excluding carboxylic acids is 1. The summed E-state index contributed by atoms with van der Waals surface area (Å²) in [4.78, 5) is 17.9. The number of amides is 1. The molecule has 0 atom stereocenters. The van der Waals surface area contributed by atoms with Crippen LogP contribution < -0.4 is 16.4 Å². The number of aliphatic imine (C=N–C) groups is 1. The maximum atomic E-state index is 11.2. The number of halogens is 1. The molecule has 1 saturated heterocycles. The van der Waals surface area contributed by atoms with Gasteiger partial charge in [0.05, 0.1) is 0 Å². The Kier molecular flexibility index (Phi) is 17.1. The Morgan fingerprint density at radius 1 is 1.11 bits per heavy atom. The van der Waals surface area contributed by atoms with Crippen molar-refractivity contribution in [2.45, 2.75) is 51.9 Å². The van der Waals surface area contributed by atoms with E-state index in [0.717, 1.165) is 90.4 Å². The molecule has 0 aromatic carbocycles. The van der Waals surface area contributed by atoms with Gasteiger partial charge >= 0.3 is 0 Å². The van der Waals surface area contributed by atoms with E-state index in [4.69, 9.17) is 10.5 Å². The molecule has 160 valence electrons. The molecule has 0 bridgehead atoms. The second kappa shape index (κ2) is 17.5. The summed E-state index contributed by atoms with van der Waals surface area (Å²) < 4.78 is 5.55. The highest BCUT2D eigenvalue weighted by Crippen LogP contribution is 2.16. The highest BCUT2D eigenvalue weighted by atomic mass is 127. The standard InChI is InChI=1S/C19H39N5O2.HI/c1-3-4-15-26-16-7-11-23-19(21-2)22-10-5-6-12-24-13-8-17(9-14-24)18(20)25;/h17H,3-16H2,1-2H3,(H2,20,25)(H2,21,22,23);1H. The van der Waals surface area contributed by atoms with Crippen molar-refractivity contribution in [3.63, 3.8) is 0 Å². The number of primary amides is 1. The van der Waals surface area contributed by atoms with Crippen LogP contribution in [0.1, 0.15) is 51.9 Å². The van der Waals surface area contributed by atoms with Gasteiger partial charge in [-0.3, -0.25) is 9.79 Å². The Labute approximate surface area is 182 Å². The van der Waals surface area contributed by atoms with Crippen LogP contribution in [0, 0.1) is 5.92 Å². The molecule has 1 rings (SSSR count). The predicted octanol–water partition coefficient (Wildman–Crippen LogP) is 1.95. The van der Waals surface area contributed by atoms with Gasteiger partial charge in [0.25, 0.3) is 0 Å². The molecular weight excluding hydrogens is 457 g/mol. The highest BCUT2D eigenvalue weighted by Gasteiger charge is 2.22. The third kappa shape index (κ3) is 13.2. The van der Waals surface area contributed by atoms with Crippen molar-refractivity contribution in [2.24, 2.45) is 16.6 Å². The monoisotopic (exact) mass is 497 g/mol. The SMILES string of the molecule is CCCCOCCCNC(=NC)NCCCCN1CCC(C(N)=O)CC1.I. The van der Waals surface area contributed by atoms with Gasteiger partial charge in [0.15, 0.2) is 5.96 Å². The first-order chi connectivity index (χ1) is 12.7. The van der Waals surface area contributed by atoms with Gasteiger partial charge in [0, 0.05) is 39.3 Å². The molecule has 1 aliphatic heterocycles. The first-order valence-corrected chi connectivity index (χ1v) is 10.2. The molecule has 0 unspecified atom stereocenters. The lowest BCUT2D eigenvalue weighted by Crippen LogP contribution is -2.40. The first-order valence-electron chi connectivity index (χ1n) is 10.2. The van der Waals surface area contributed by atoms with Crippen LogP contribution in [0.3, 0.4) is 0 Å². The summed E-state index contributed by atoms with van der Waals surface area (Å²) in [6.45, 7) is 8.71. The van der Waals surface area contributed by atoms with E-state index < -0.39 is 0 Å². The Morgan fingerprint density at radius 2 is 1.74 bits per heavy atom. The molecule has 1 heterocycles. The molecule has 0 aromatic rings. The zero-order valence-electron chi connectivity index (χ0n) is 17.2. The van der Waals surface area contributed by atoms with Crippen LogP contribution in [0.5, 0.6) is 0 Å². The minimum atomic E-state index is -0.139. The van der Waals surface area contributed by atoms with Gasteiger partial charge in [0.1, 0.15) is 0 Å². The molecule has 0 aliphatic carbocycles. The number of likely N-dealkylation sites (tertiary alicyclic amines) is 1. The molecule has 4 N–H and O–H groups in total. The van der Waals surface area contributed by atoms with Crippen molar-refractivity contribution in [3.05, 3.63) is 0 Å². The minimum absolute atomic E-state index is 0. The van der Waals surface area contributed by atoms with E-state index in [9.17, 15) is 4.79 Å². The Morgan fingerprint density at radius 3 is 2.33 bits per heavy atom. The molecular formula is C19H40IN5O2. The largest absolute Gasteiger partial charge is 0.381 e. The number of hydrogen-bond donors (Lipinski definition) is 3. The second-order valence-electron chi connectivity index (χ2n) is 6.97. The van der Waals surface area contributed by atoms with Crippen molar-refractivity contribution in [3.8, 4) is 0 Å². The van der Waals surface area contributed by atoms with Crippen LogP contribution in [0.4, 0.5) is 0 Å². The summed E-state index contributed by atoms with van der Waals surface area (Å²) in [6.07, 6.45) is 7.39. The molecule has 27 heavy (non-hydrogen) atoms. The van der Waals surface area contributed by atoms with Gasteiger partial charge in [-0.05, 0) is 58.2 Å². The molecule has 7 nitrogen and oxygen atoms in total. The van der Waals surface area contributed by atoms with E-state index in [1.165, 1.54) is 6.42 Å². The lowest BCUT2D eigenvalue weighted by atomic mass is 9.96. The van der Waals surface area contributed by atoms with Crippen LogP contribution in [0.2, 0.25) is 0 Å². The number of carbonyl (C=O) groups is 1. The fraction of sp³-hybridized carbons (Fsp3) is 0.895. The lowest BCUT2D eigenvalue weighted by Gasteiger charge is -2.30. The van der Waals surface area contributed by atoms with Crippen molar-refractivity contribution >= 4 is 35.8 Å². The summed E-state index contributed by atoms with van der Waals surface area (Å²) >= 11 is 0. The van der Waals surface area contributed by atoms with Gasteiger partial charge in [-0.2, -0.15) is 0 Å². The molecule has 8 heteroatoms. The Balaban J connectivity index is 0.00000676. The Bertz CT molecular complexity index is 402. The maximum Gasteiger partial charge on any atom is 0.220 e. The van der Waals surface area contributed by atoms with Gasteiger partial charge in [-0.25, -0.2) is 0 Å². The molecule has 1 aliphatic rings. The van der Waals surface area contributed by atoms with Gasteiger partial charge < -0.3 is 26.0 Å². The van der Waals surface area contributed by atoms with E-state index >= 15 is 0 Å². The number of hydrogen-bond acceptors (Lipinski definition) is 4. The van der Waals surface area contributed by atoms with Crippen LogP contribution in [0.15, 0.2) is 4.99 Å². The van der Waals surface area contributed by atoms with Crippen molar-refractivity contribution in [1.82, 2.24) is 15.5 Å². The molecule has 1 amide bonds. The number of guanidine groups is 1. The third-order valence-corrected chi connectivity index (χ3v) is 4.81. The second-order valence-corrected chi connectivity index (χ2v) is 6.97. The number of nitrogens with one attached hydrogen (secondary N) is 2. The first kappa shape index (κ1) is 26.4. The number of piperidine rings is 1. The van der Waals surface area contributed by atoms with Crippen LogP contribution in [0.25, 0.3) is 0 Å². The lowest BCUT2D eigenvalue weighted by molar-refractivity contribution is -0.123. The third-order valence-electron chi connectivity index (χ3n) is 4.81. The summed E-state index contributed by atoms with van der Waals surface area (Å²) in [5, 5.41) is 6.68. The average molecular weight is 497 g/mol. The van der Waals surface area contributed by atoms with E-state index in [0.29, 0.717) is 0 Å². The van der Waals surface area contributed by atoms with Crippen LogP contribution in [-0.4, -0.2) is 69.8 Å². The van der Waals surface area contributed by atoms with Gasteiger partial charge in [-0.1, -0.05) is 13.3 Å². The van der Waals surface area contributed by atoms with Crippen molar-refractivity contribution < 1.29 is 9.53 Å². The van der Waals surface area contributed by atoms with Crippen molar-refractivity contribution in [1.29, 1.82) is 0 Å². The number of ether oxygens (including phenoxy) is 1. The number of nitrogens with two attached hydrogens (primary N) is 1. The molecule has 0 radical (unpaired) electrons. The van der Waals surface area contributed by atoms with Crippen LogP contribution >= 0.6 is 24.0 Å². The molecule has 0 spiro atoms. The zero-order valence-corrected chi connectivity index (χ0v) is 19.5. The molecule has 0 saturated carbocycles. The number of nitrogens with zero attached hydrogens (tertiary/aromatic N) is 2. The summed E-state index contributed by atoms with van der Waals surface area (Å²) in [5.74, 6) is 0.806. The van der Waals surface area contributed by atoms with E-state index in [-0.39, 0.29) is 35.8 Å². The summed E-state index contributed by atoms with van der Waals surface area (Å²) in [6, 6.07) is 0. The quantitative estimate of drug-likeness (QED) is 0.157. The van der Waals surface area contributed by atoms with Crippen LogP contribution in [-0.2, 0) is 9.53 Å². The normalized spacial score (nSPS) is 16.0. The molecule has 0 aromatic heterocycles. The minimum Gasteiger partial charge on any atom is -0.381 e. The van der Waals surface area contributed by atoms with Gasteiger partial charge in [-0.15, -0.1) is 24.0 Å². The smallest absolute Gasteiger partial charge is 0.220 e. The number of rotatable bonds is 13. The average Bonchev–Trinajstić information content (AvgIpc) is 2.65. The summed E-state index contributed by atoms with van der Waals surface area (Å²) in [7, 11) is 1.80. The van der Waals surface area contributed by atoms with E-state index in [1.807, 2.05) is 0 Å². The van der Waals surface area contributed by atoms with E-state index in [1.54, 1.807) is 7.05 Å². The predicted molar refractivity (Wildman–Crippen MR) is 123 cm³/mol. The molecule has 1 fully saturated rings. The number of unbranched alkanes of at least 4 members (excludes halogenated alkanes) is 2. The summed E-state index contributed by atoms with van der Waals surface area (Å²) in [5.41, 5.74) is 5.37. The fourth-order valence-electron chi connectivity index (χ4n) is 3.06. The van der Waals surface area contributed by atoms with Crippen molar-refractivity contribution in [2.75, 3.05) is 53.0 Å². The Hall–Kier alpha value is -0.610. The highest BCUT2D eigenvalue weighted by molar-refractivity contribution is 14.0. The van der Waals surface area contributed by atoms with E-state index in [2.05, 4.69) is 27.4 Å².